The number of nitrogens with one attached hydrogen (secondary N) is 2. The molecule has 22 nitrogen and oxygen atoms in total. The Hall–Kier alpha value is -8.53. The summed E-state index contributed by atoms with van der Waals surface area (Å²) in [5.41, 5.74) is -0.206. The van der Waals surface area contributed by atoms with Gasteiger partial charge in [-0.1, -0.05) is 80.9 Å². The predicted octanol–water partition coefficient (Wildman–Crippen LogP) is 7.15. The molecular weight excluding hydrogens is 1160 g/mol. The number of amides is 6. The normalized spacial score (nSPS) is 14.5. The molecule has 490 valence electrons. The van der Waals surface area contributed by atoms with E-state index < -0.39 is 95.2 Å². The number of ether oxygens (including phenoxy) is 7. The van der Waals surface area contributed by atoms with E-state index in [1.54, 1.807) is 50.4 Å². The molecule has 1 heterocycles. The highest BCUT2D eigenvalue weighted by Gasteiger charge is 2.43. The average molecular weight is 1250 g/mol. The first-order valence-electron chi connectivity index (χ1n) is 30.5. The summed E-state index contributed by atoms with van der Waals surface area (Å²) in [5, 5.41) is 7.51. The number of esters is 2. The second-order valence-corrected chi connectivity index (χ2v) is 24.0. The molecule has 2 N–H and O–H groups in total. The molecule has 0 spiro atoms. The lowest BCUT2D eigenvalue weighted by Crippen LogP contribution is -2.59. The maximum Gasteiger partial charge on any atom is 0.330 e. The van der Waals surface area contributed by atoms with Crippen molar-refractivity contribution in [2.75, 3.05) is 81.9 Å². The fourth-order valence-corrected chi connectivity index (χ4v) is 10.2. The van der Waals surface area contributed by atoms with Crippen LogP contribution in [0.4, 0.5) is 0 Å². The van der Waals surface area contributed by atoms with Crippen LogP contribution in [-0.4, -0.2) is 184 Å². The van der Waals surface area contributed by atoms with Gasteiger partial charge in [0.15, 0.2) is 18.1 Å². The van der Waals surface area contributed by atoms with Crippen LogP contribution in [0.1, 0.15) is 116 Å². The Morgan fingerprint density at radius 1 is 0.756 bits per heavy atom. The summed E-state index contributed by atoms with van der Waals surface area (Å²) in [5.74, 6) is -4.62. The van der Waals surface area contributed by atoms with Crippen LogP contribution in [0, 0.1) is 5.41 Å². The summed E-state index contributed by atoms with van der Waals surface area (Å²) < 4.78 is 40.5. The van der Waals surface area contributed by atoms with Gasteiger partial charge in [-0.05, 0) is 132 Å². The fourth-order valence-electron chi connectivity index (χ4n) is 10.2. The monoisotopic (exact) mass is 1250 g/mol. The van der Waals surface area contributed by atoms with Crippen LogP contribution in [0.15, 0.2) is 91.5 Å². The zero-order valence-corrected chi connectivity index (χ0v) is 54.6. The van der Waals surface area contributed by atoms with Gasteiger partial charge in [-0.25, -0.2) is 9.59 Å². The molecule has 0 unspecified atom stereocenters. The van der Waals surface area contributed by atoms with Gasteiger partial charge < -0.3 is 63.4 Å². The lowest BCUT2D eigenvalue weighted by Gasteiger charge is -2.36. The number of Topliss-reactive ketones (excluding diaryl/α,β-unsaturated/α-hetero) is 1. The van der Waals surface area contributed by atoms with E-state index in [0.717, 1.165) is 22.4 Å². The van der Waals surface area contributed by atoms with E-state index in [4.69, 9.17) is 33.2 Å². The third-order valence-corrected chi connectivity index (χ3v) is 15.8. The van der Waals surface area contributed by atoms with E-state index in [1.807, 2.05) is 70.2 Å². The molecule has 1 fully saturated rings. The first kappa shape index (κ1) is 72.2. The van der Waals surface area contributed by atoms with Crippen LogP contribution in [0.2, 0.25) is 0 Å². The minimum absolute atomic E-state index is 0.00997. The number of hydrogen-bond acceptors (Lipinski definition) is 16. The van der Waals surface area contributed by atoms with Gasteiger partial charge in [0.05, 0.1) is 45.5 Å². The lowest BCUT2D eigenvalue weighted by molar-refractivity contribution is -0.165. The Morgan fingerprint density at radius 3 is 2.08 bits per heavy atom. The second-order valence-electron chi connectivity index (χ2n) is 24.0. The maximum atomic E-state index is 15.0. The summed E-state index contributed by atoms with van der Waals surface area (Å²) in [6, 6.07) is 19.0. The summed E-state index contributed by atoms with van der Waals surface area (Å²) in [6.45, 7) is 14.6. The highest BCUT2D eigenvalue weighted by molar-refractivity contribution is 6.38. The van der Waals surface area contributed by atoms with E-state index in [1.165, 1.54) is 68.9 Å². The molecule has 1 aliphatic heterocycles. The Morgan fingerprint density at radius 2 is 1.44 bits per heavy atom. The van der Waals surface area contributed by atoms with Crippen LogP contribution >= 0.6 is 0 Å². The molecule has 6 amide bonds. The van der Waals surface area contributed by atoms with Gasteiger partial charge >= 0.3 is 11.9 Å². The molecule has 22 heteroatoms. The number of methoxy groups -OCH3 is 3. The van der Waals surface area contributed by atoms with Crippen molar-refractivity contribution in [1.29, 1.82) is 0 Å². The first-order valence-corrected chi connectivity index (χ1v) is 30.5. The van der Waals surface area contributed by atoms with Crippen LogP contribution in [0.3, 0.4) is 0 Å². The van der Waals surface area contributed by atoms with Crippen LogP contribution in [-0.2, 0) is 70.2 Å². The molecule has 0 bridgehead atoms. The number of carbonyl (C=O) groups is 9. The Balaban J connectivity index is 1.42. The van der Waals surface area contributed by atoms with E-state index >= 15 is 0 Å². The number of benzene rings is 4. The molecule has 0 saturated carbocycles. The van der Waals surface area contributed by atoms with Gasteiger partial charge in [0.25, 0.3) is 11.8 Å². The number of carbonyl (C=O) groups excluding carboxylic acids is 9. The van der Waals surface area contributed by atoms with Crippen molar-refractivity contribution in [2.24, 2.45) is 5.41 Å². The number of unbranched alkanes of at least 4 members (excludes halogenated alkanes) is 1. The van der Waals surface area contributed by atoms with E-state index in [9.17, 15) is 43.2 Å². The molecule has 5 rings (SSSR count). The van der Waals surface area contributed by atoms with Gasteiger partial charge in [-0.3, -0.25) is 33.6 Å². The average Bonchev–Trinajstić information content (AvgIpc) is 0.933. The number of rotatable bonds is 33. The van der Waals surface area contributed by atoms with Crippen molar-refractivity contribution < 1.29 is 76.3 Å². The topological polar surface area (TPSA) is 255 Å². The molecule has 1 aliphatic rings. The van der Waals surface area contributed by atoms with Gasteiger partial charge in [-0.2, -0.15) is 0 Å². The highest BCUT2D eigenvalue weighted by atomic mass is 16.6. The smallest absolute Gasteiger partial charge is 0.330 e. The zero-order valence-electron chi connectivity index (χ0n) is 54.6. The molecule has 4 aromatic carbocycles. The van der Waals surface area contributed by atoms with Crippen molar-refractivity contribution in [3.05, 3.63) is 108 Å². The van der Waals surface area contributed by atoms with E-state index in [0.29, 0.717) is 67.0 Å². The van der Waals surface area contributed by atoms with Crippen molar-refractivity contribution in [3.8, 4) is 23.0 Å². The number of aryl methyl sites for hydroxylation is 1. The maximum absolute atomic E-state index is 15.0. The highest BCUT2D eigenvalue weighted by Crippen LogP contribution is 2.39. The SMILES string of the molecule is C=CC(=O)OCC(C)(C)C(=O)C(=O)N1CCCC[C@H]1C(=O)O[C@H](CCc1cc(OC)c(OC)c(OC)c1)c1cccc(OCC(=O)N(C)[C@@H](CCCC)C(=O)N[C@@H](Cc2ccc3ccccc3c2)C(=O)N(C)[C@@H](COC(C)(C)C)C(=O)NCC(=O)N(C)CC)c1. The fraction of sp³-hybridized carbons (Fsp3) is 0.515. The Kier molecular flexibility index (Phi) is 27.2. The molecule has 0 aliphatic carbocycles. The molecule has 0 aromatic heterocycles. The molecule has 90 heavy (non-hydrogen) atoms. The molecule has 1 saturated heterocycles. The van der Waals surface area contributed by atoms with Gasteiger partial charge in [0.2, 0.25) is 35.2 Å². The number of fused-ring (bicyclic) bond motifs is 1. The molecule has 0 radical (unpaired) electrons. The van der Waals surface area contributed by atoms with Crippen LogP contribution in [0.25, 0.3) is 10.8 Å². The molecule has 5 atom stereocenters. The summed E-state index contributed by atoms with van der Waals surface area (Å²) in [6.07, 6.45) is 3.20. The number of likely N-dealkylation sites (N-methyl/N-ethyl adjacent to an activating group) is 3. The summed E-state index contributed by atoms with van der Waals surface area (Å²) >= 11 is 0. The first-order chi connectivity index (χ1) is 42.7. The van der Waals surface area contributed by atoms with Gasteiger partial charge in [0.1, 0.15) is 42.6 Å². The van der Waals surface area contributed by atoms with Crippen molar-refractivity contribution in [1.82, 2.24) is 30.2 Å². The van der Waals surface area contributed by atoms with Gasteiger partial charge in [0, 0.05) is 46.7 Å². The molecular formula is C68H92N6O16. The molecule has 4 aromatic rings. The number of nitrogens with zero attached hydrogens (tertiary/aromatic N) is 4. The Bertz CT molecular complexity index is 3150. The number of likely N-dealkylation sites (tertiary alicyclic amines) is 1. The third kappa shape index (κ3) is 20.2. The van der Waals surface area contributed by atoms with Gasteiger partial charge in [-0.15, -0.1) is 0 Å². The van der Waals surface area contributed by atoms with Crippen LogP contribution < -0.4 is 29.6 Å². The minimum atomic E-state index is -1.42. The number of ketones is 1. The predicted molar refractivity (Wildman–Crippen MR) is 339 cm³/mol. The van der Waals surface area contributed by atoms with Crippen LogP contribution in [0.5, 0.6) is 23.0 Å². The van der Waals surface area contributed by atoms with E-state index in [-0.39, 0.29) is 63.6 Å². The quantitative estimate of drug-likeness (QED) is 0.0273. The zero-order chi connectivity index (χ0) is 66.5. The summed E-state index contributed by atoms with van der Waals surface area (Å²) in [4.78, 5) is 130. The minimum Gasteiger partial charge on any atom is -0.493 e. The standard InChI is InChI=1S/C68H92N6O16/c1-15-18-28-51(63(80)70-50(36-44-30-32-46-24-19-20-25-47(46)35-44)64(81)73(11)53(41-89-67(4,5)6)62(79)69-40-57(75)71(9)17-3)72(10)58(76)42-87-49-27-23-26-48(39-49)54(33-31-45-37-55(84-12)60(86-14)56(38-45)85-13)90-66(83)52-29-21-22-34-74(52)65(82)61(78)68(7,8)43-88-59(77)16-2/h16,19-20,23-27,30,32,35,37-39,50-54H,2,15,17-18,21-22,28-29,31,33-34,36,40-43H2,1,3-14H3,(H,69,79)(H,70,80)/t50-,51-,52-,53-,54+/m0/s1. The Labute approximate surface area is 529 Å². The van der Waals surface area contributed by atoms with Crippen molar-refractivity contribution >= 4 is 63.9 Å². The number of piperidine rings is 1. The largest absolute Gasteiger partial charge is 0.493 e. The number of hydrogen-bond donors (Lipinski definition) is 2. The van der Waals surface area contributed by atoms with Crippen molar-refractivity contribution in [2.45, 2.75) is 142 Å². The second kappa shape index (κ2) is 33.9. The summed E-state index contributed by atoms with van der Waals surface area (Å²) in [7, 11) is 9.03. The third-order valence-electron chi connectivity index (χ3n) is 15.8. The van der Waals surface area contributed by atoms with Crippen molar-refractivity contribution in [3.63, 3.8) is 0 Å². The lowest BCUT2D eigenvalue weighted by atomic mass is 9.87. The van der Waals surface area contributed by atoms with E-state index in [2.05, 4.69) is 17.2 Å².